The minimum atomic E-state index is -0.579. The lowest BCUT2D eigenvalue weighted by Gasteiger charge is -2.17. The number of benzene rings is 2. The van der Waals surface area contributed by atoms with Gasteiger partial charge in [0, 0.05) is 11.6 Å². The van der Waals surface area contributed by atoms with Gasteiger partial charge in [-0.15, -0.1) is 0 Å². The smallest absolute Gasteiger partial charge is 0.129 e. The van der Waals surface area contributed by atoms with Gasteiger partial charge < -0.3 is 0 Å². The van der Waals surface area contributed by atoms with Gasteiger partial charge in [-0.3, -0.25) is 11.3 Å². The number of halogens is 4. The molecule has 0 bridgehead atoms. The minimum Gasteiger partial charge on any atom is -0.271 e. The Kier molecular flexibility index (Phi) is 5.53. The van der Waals surface area contributed by atoms with Crippen LogP contribution in [-0.4, -0.2) is 6.04 Å². The lowest BCUT2D eigenvalue weighted by Crippen LogP contribution is -2.38. The zero-order valence-corrected chi connectivity index (χ0v) is 12.6. The largest absolute Gasteiger partial charge is 0.271 e. The van der Waals surface area contributed by atoms with Crippen LogP contribution >= 0.6 is 23.2 Å². The van der Waals surface area contributed by atoms with Gasteiger partial charge in [-0.25, -0.2) is 8.78 Å². The highest BCUT2D eigenvalue weighted by atomic mass is 35.5. The highest BCUT2D eigenvalue weighted by Gasteiger charge is 2.15. The fraction of sp³-hybridized carbons (Fsp3) is 0.200. The van der Waals surface area contributed by atoms with Crippen molar-refractivity contribution >= 4 is 23.2 Å². The highest BCUT2D eigenvalue weighted by Crippen LogP contribution is 2.24. The van der Waals surface area contributed by atoms with Crippen LogP contribution in [0.1, 0.15) is 11.1 Å². The Hall–Kier alpha value is -1.20. The van der Waals surface area contributed by atoms with Crippen molar-refractivity contribution in [1.82, 2.24) is 5.43 Å². The molecule has 0 aliphatic rings. The molecule has 2 aromatic rings. The predicted octanol–water partition coefficient (Wildman–Crippen LogP) is 3.89. The zero-order chi connectivity index (χ0) is 15.4. The minimum absolute atomic E-state index is 0.0144. The van der Waals surface area contributed by atoms with Crippen LogP contribution in [0.4, 0.5) is 8.78 Å². The van der Waals surface area contributed by atoms with E-state index in [-0.39, 0.29) is 18.0 Å². The van der Waals surface area contributed by atoms with Crippen LogP contribution in [0, 0.1) is 11.6 Å². The summed E-state index contributed by atoms with van der Waals surface area (Å²) in [6, 6.07) is 8.65. The van der Waals surface area contributed by atoms with Crippen molar-refractivity contribution in [2.45, 2.75) is 18.9 Å². The maximum atomic E-state index is 13.7. The highest BCUT2D eigenvalue weighted by molar-refractivity contribution is 6.42. The van der Waals surface area contributed by atoms with Crippen molar-refractivity contribution in [3.05, 3.63) is 69.2 Å². The number of hydrogen-bond donors (Lipinski definition) is 2. The fourth-order valence-corrected chi connectivity index (χ4v) is 2.44. The maximum absolute atomic E-state index is 13.7. The van der Waals surface area contributed by atoms with Gasteiger partial charge in [-0.1, -0.05) is 35.3 Å². The van der Waals surface area contributed by atoms with E-state index < -0.39 is 11.6 Å². The second kappa shape index (κ2) is 7.18. The van der Waals surface area contributed by atoms with E-state index >= 15 is 0 Å². The van der Waals surface area contributed by atoms with Crippen molar-refractivity contribution in [3.63, 3.8) is 0 Å². The van der Waals surface area contributed by atoms with E-state index in [1.807, 2.05) is 0 Å². The summed E-state index contributed by atoms with van der Waals surface area (Å²) in [4.78, 5) is 0. The summed E-state index contributed by atoms with van der Waals surface area (Å²) in [5.41, 5.74) is 3.47. The van der Waals surface area contributed by atoms with E-state index in [1.165, 1.54) is 18.2 Å². The number of rotatable bonds is 5. The normalized spacial score (nSPS) is 12.4. The Morgan fingerprint density at radius 1 is 1.00 bits per heavy atom. The molecule has 0 amide bonds. The second-order valence-electron chi connectivity index (χ2n) is 4.72. The molecule has 0 saturated carbocycles. The van der Waals surface area contributed by atoms with Crippen molar-refractivity contribution in [3.8, 4) is 0 Å². The van der Waals surface area contributed by atoms with E-state index in [2.05, 4.69) is 5.43 Å². The lowest BCUT2D eigenvalue weighted by molar-refractivity contribution is 0.484. The third-order valence-electron chi connectivity index (χ3n) is 3.21. The molecule has 0 heterocycles. The molecule has 2 aromatic carbocycles. The van der Waals surface area contributed by atoms with Crippen molar-refractivity contribution in [1.29, 1.82) is 0 Å². The number of nitrogens with one attached hydrogen (secondary N) is 1. The van der Waals surface area contributed by atoms with E-state index in [1.54, 1.807) is 18.2 Å². The Bertz CT molecular complexity index is 615. The Morgan fingerprint density at radius 3 is 2.24 bits per heavy atom. The molecule has 0 radical (unpaired) electrons. The third-order valence-corrected chi connectivity index (χ3v) is 3.95. The molecule has 1 unspecified atom stereocenters. The van der Waals surface area contributed by atoms with Crippen molar-refractivity contribution in [2.24, 2.45) is 5.84 Å². The van der Waals surface area contributed by atoms with E-state index in [0.29, 0.717) is 16.5 Å². The summed E-state index contributed by atoms with van der Waals surface area (Å²) in [7, 11) is 0. The molecule has 0 aromatic heterocycles. The predicted molar refractivity (Wildman–Crippen MR) is 81.3 cm³/mol. The average Bonchev–Trinajstić information content (AvgIpc) is 2.45. The molecule has 2 nitrogen and oxygen atoms in total. The molecule has 3 N–H and O–H groups in total. The average molecular weight is 331 g/mol. The van der Waals surface area contributed by atoms with Crippen LogP contribution in [0.2, 0.25) is 10.0 Å². The molecule has 21 heavy (non-hydrogen) atoms. The number of nitrogens with two attached hydrogens (primary N) is 1. The first kappa shape index (κ1) is 16.2. The first-order valence-electron chi connectivity index (χ1n) is 6.34. The summed E-state index contributed by atoms with van der Waals surface area (Å²) < 4.78 is 27.3. The van der Waals surface area contributed by atoms with Crippen molar-refractivity contribution in [2.75, 3.05) is 0 Å². The molecule has 0 aliphatic heterocycles. The monoisotopic (exact) mass is 330 g/mol. The molecule has 2 rings (SSSR count). The summed E-state index contributed by atoms with van der Waals surface area (Å²) in [5.74, 6) is 4.32. The first-order valence-corrected chi connectivity index (χ1v) is 7.09. The summed E-state index contributed by atoms with van der Waals surface area (Å²) in [6.07, 6.45) is 0.608. The Morgan fingerprint density at radius 2 is 1.67 bits per heavy atom. The molecule has 0 saturated heterocycles. The van der Waals surface area contributed by atoms with Crippen LogP contribution in [0.25, 0.3) is 0 Å². The van der Waals surface area contributed by atoms with Gasteiger partial charge in [0.1, 0.15) is 11.6 Å². The van der Waals surface area contributed by atoms with Gasteiger partial charge in [0.25, 0.3) is 0 Å². The van der Waals surface area contributed by atoms with Gasteiger partial charge >= 0.3 is 0 Å². The van der Waals surface area contributed by atoms with Gasteiger partial charge in [-0.05, 0) is 42.7 Å². The van der Waals surface area contributed by atoms with Crippen LogP contribution in [-0.2, 0) is 12.8 Å². The fourth-order valence-electron chi connectivity index (χ4n) is 2.11. The van der Waals surface area contributed by atoms with Crippen LogP contribution in [0.5, 0.6) is 0 Å². The number of hydrogen-bond acceptors (Lipinski definition) is 2. The van der Waals surface area contributed by atoms with Crippen LogP contribution in [0.3, 0.4) is 0 Å². The Balaban J connectivity index is 2.15. The van der Waals surface area contributed by atoms with Gasteiger partial charge in [0.15, 0.2) is 0 Å². The quantitative estimate of drug-likeness (QED) is 0.644. The van der Waals surface area contributed by atoms with Gasteiger partial charge in [0.05, 0.1) is 10.0 Å². The SMILES string of the molecule is NNC(Cc1ccc(Cl)c(Cl)c1)Cc1c(F)cccc1F. The molecular formula is C15H14Cl2F2N2. The molecule has 112 valence electrons. The molecule has 6 heteroatoms. The van der Waals surface area contributed by atoms with Crippen LogP contribution < -0.4 is 11.3 Å². The topological polar surface area (TPSA) is 38.0 Å². The third kappa shape index (κ3) is 4.14. The van der Waals surface area contributed by atoms with E-state index in [4.69, 9.17) is 29.0 Å². The first-order chi connectivity index (χ1) is 10.0. The molecule has 1 atom stereocenters. The van der Waals surface area contributed by atoms with E-state index in [0.717, 1.165) is 5.56 Å². The molecule has 0 spiro atoms. The molecular weight excluding hydrogens is 317 g/mol. The van der Waals surface area contributed by atoms with Gasteiger partial charge in [0.2, 0.25) is 0 Å². The van der Waals surface area contributed by atoms with Crippen LogP contribution in [0.15, 0.2) is 36.4 Å². The standard InChI is InChI=1S/C15H14Cl2F2N2/c16-12-5-4-9(7-13(12)17)6-10(21-20)8-11-14(18)2-1-3-15(11)19/h1-5,7,10,21H,6,8,20H2. The second-order valence-corrected chi connectivity index (χ2v) is 5.53. The van der Waals surface area contributed by atoms with E-state index in [9.17, 15) is 8.78 Å². The zero-order valence-electron chi connectivity index (χ0n) is 11.0. The summed E-state index contributed by atoms with van der Waals surface area (Å²) in [5, 5.41) is 0.889. The van der Waals surface area contributed by atoms with Gasteiger partial charge in [-0.2, -0.15) is 0 Å². The summed E-state index contributed by atoms with van der Waals surface area (Å²) >= 11 is 11.8. The molecule has 0 aliphatic carbocycles. The molecule has 0 fully saturated rings. The van der Waals surface area contributed by atoms with Crippen molar-refractivity contribution < 1.29 is 8.78 Å². The number of hydrazine groups is 1. The lowest BCUT2D eigenvalue weighted by atomic mass is 9.99. The summed E-state index contributed by atoms with van der Waals surface area (Å²) in [6.45, 7) is 0. The Labute approximate surface area is 131 Å². The maximum Gasteiger partial charge on any atom is 0.129 e.